The number of piperidine rings is 2. The smallest absolute Gasteiger partial charge is 0.255 e. The van der Waals surface area contributed by atoms with Gasteiger partial charge in [-0.3, -0.25) is 14.2 Å². The molecule has 1 unspecified atom stereocenters. The van der Waals surface area contributed by atoms with Crippen molar-refractivity contribution in [2.75, 3.05) is 26.2 Å². The molecular formula is C24H27N5O3. The van der Waals surface area contributed by atoms with Crippen LogP contribution in [-0.4, -0.2) is 73.5 Å². The zero-order chi connectivity index (χ0) is 22.3. The molecule has 1 N–H and O–H groups in total. The number of nitrogens with zero attached hydrogens (tertiary/aromatic N) is 5. The van der Waals surface area contributed by atoms with Crippen molar-refractivity contribution < 1.29 is 14.7 Å². The number of aliphatic hydroxyl groups is 1. The Morgan fingerprint density at radius 1 is 1.09 bits per heavy atom. The number of hydrogen-bond acceptors (Lipinski definition) is 5. The molecule has 2 fully saturated rings. The normalized spacial score (nSPS) is 20.6. The fraction of sp³-hybridized carbons (Fsp3) is 0.417. The molecule has 0 saturated carbocycles. The maximum absolute atomic E-state index is 13.2. The molecule has 2 aliphatic rings. The third kappa shape index (κ3) is 3.75. The molecule has 4 heterocycles. The molecule has 2 aromatic heterocycles. The molecule has 3 aromatic rings. The van der Waals surface area contributed by atoms with Gasteiger partial charge in [-0.25, -0.2) is 9.97 Å². The molecule has 5 rings (SSSR count). The lowest BCUT2D eigenvalue weighted by atomic mass is 9.71. The SMILES string of the molecule is CC(=O)N1CC(O)CC2(CCN(C(=O)c3cnc4c(c3)ncn4-c3ccccc3)CC2)C1. The fourth-order valence-electron chi connectivity index (χ4n) is 5.12. The molecule has 166 valence electrons. The third-order valence-electron chi connectivity index (χ3n) is 6.85. The number of likely N-dealkylation sites (tertiary alicyclic amines) is 2. The molecule has 1 atom stereocenters. The van der Waals surface area contributed by atoms with Gasteiger partial charge in [0.1, 0.15) is 11.8 Å². The van der Waals surface area contributed by atoms with E-state index < -0.39 is 6.10 Å². The number of fused-ring (bicyclic) bond motifs is 1. The van der Waals surface area contributed by atoms with Crippen molar-refractivity contribution in [1.82, 2.24) is 24.3 Å². The summed E-state index contributed by atoms with van der Waals surface area (Å²) in [5, 5.41) is 10.3. The minimum atomic E-state index is -0.499. The predicted molar refractivity (Wildman–Crippen MR) is 119 cm³/mol. The molecule has 0 bridgehead atoms. The number of pyridine rings is 1. The first-order valence-electron chi connectivity index (χ1n) is 11.1. The van der Waals surface area contributed by atoms with Crippen molar-refractivity contribution >= 4 is 23.0 Å². The maximum Gasteiger partial charge on any atom is 0.255 e. The van der Waals surface area contributed by atoms with E-state index in [9.17, 15) is 14.7 Å². The van der Waals surface area contributed by atoms with Crippen LogP contribution < -0.4 is 0 Å². The second-order valence-corrected chi connectivity index (χ2v) is 9.07. The molecule has 2 saturated heterocycles. The van der Waals surface area contributed by atoms with Crippen molar-refractivity contribution in [3.63, 3.8) is 0 Å². The van der Waals surface area contributed by atoms with Gasteiger partial charge in [-0.15, -0.1) is 0 Å². The summed E-state index contributed by atoms with van der Waals surface area (Å²) in [4.78, 5) is 37.6. The highest BCUT2D eigenvalue weighted by Crippen LogP contribution is 2.40. The van der Waals surface area contributed by atoms with E-state index in [4.69, 9.17) is 0 Å². The summed E-state index contributed by atoms with van der Waals surface area (Å²) in [7, 11) is 0. The summed E-state index contributed by atoms with van der Waals surface area (Å²) in [6.45, 7) is 3.82. The summed E-state index contributed by atoms with van der Waals surface area (Å²) < 4.78 is 1.91. The molecule has 2 amide bonds. The van der Waals surface area contributed by atoms with Crippen LogP contribution in [0.1, 0.15) is 36.5 Å². The van der Waals surface area contributed by atoms with Crippen LogP contribution in [0.2, 0.25) is 0 Å². The average molecular weight is 434 g/mol. The molecule has 1 spiro atoms. The van der Waals surface area contributed by atoms with Crippen molar-refractivity contribution in [2.45, 2.75) is 32.3 Å². The number of benzene rings is 1. The summed E-state index contributed by atoms with van der Waals surface area (Å²) >= 11 is 0. The Labute approximate surface area is 186 Å². The third-order valence-corrected chi connectivity index (χ3v) is 6.85. The number of rotatable bonds is 2. The molecular weight excluding hydrogens is 406 g/mol. The molecule has 0 aliphatic carbocycles. The monoisotopic (exact) mass is 433 g/mol. The van der Waals surface area contributed by atoms with Gasteiger partial charge < -0.3 is 14.9 Å². The van der Waals surface area contributed by atoms with Gasteiger partial charge in [0.05, 0.1) is 11.7 Å². The van der Waals surface area contributed by atoms with E-state index in [1.54, 1.807) is 30.4 Å². The quantitative estimate of drug-likeness (QED) is 0.669. The van der Waals surface area contributed by atoms with Crippen LogP contribution in [0.5, 0.6) is 0 Å². The number of carbonyl (C=O) groups excluding carboxylic acids is 2. The molecule has 1 aromatic carbocycles. The van der Waals surface area contributed by atoms with Gasteiger partial charge in [-0.2, -0.15) is 0 Å². The van der Waals surface area contributed by atoms with Crippen molar-refractivity contribution in [3.8, 4) is 5.69 Å². The Hall–Kier alpha value is -3.26. The van der Waals surface area contributed by atoms with Gasteiger partial charge in [0, 0.05) is 45.0 Å². The number of imidazole rings is 1. The summed E-state index contributed by atoms with van der Waals surface area (Å²) in [6, 6.07) is 11.7. The van der Waals surface area contributed by atoms with Crippen LogP contribution in [0.4, 0.5) is 0 Å². The highest BCUT2D eigenvalue weighted by molar-refractivity contribution is 5.96. The Morgan fingerprint density at radius 2 is 1.84 bits per heavy atom. The number of hydrogen-bond donors (Lipinski definition) is 1. The van der Waals surface area contributed by atoms with E-state index in [-0.39, 0.29) is 17.2 Å². The molecule has 2 aliphatic heterocycles. The molecule has 8 heteroatoms. The molecule has 8 nitrogen and oxygen atoms in total. The minimum Gasteiger partial charge on any atom is -0.391 e. The number of amides is 2. The van der Waals surface area contributed by atoms with Gasteiger partial charge in [0.2, 0.25) is 5.91 Å². The standard InChI is InChI=1S/C24H27N5O3/c1-17(30)28-14-20(31)12-24(15-28)7-9-27(10-8-24)23(32)18-11-21-22(25-13-18)29(16-26-21)19-5-3-2-4-6-19/h2-6,11,13,16,20,31H,7-10,12,14-15H2,1H3. The van der Waals surface area contributed by atoms with Crippen LogP contribution in [0.3, 0.4) is 0 Å². The Morgan fingerprint density at radius 3 is 2.56 bits per heavy atom. The zero-order valence-electron chi connectivity index (χ0n) is 18.1. The highest BCUT2D eigenvalue weighted by atomic mass is 16.3. The van der Waals surface area contributed by atoms with Crippen molar-refractivity contribution in [2.24, 2.45) is 5.41 Å². The molecule has 32 heavy (non-hydrogen) atoms. The second kappa shape index (κ2) is 8.02. The van der Waals surface area contributed by atoms with E-state index in [0.717, 1.165) is 18.5 Å². The zero-order valence-corrected chi connectivity index (χ0v) is 18.1. The lowest BCUT2D eigenvalue weighted by Gasteiger charge is -2.49. The van der Waals surface area contributed by atoms with Crippen LogP contribution >= 0.6 is 0 Å². The first-order chi connectivity index (χ1) is 15.4. The second-order valence-electron chi connectivity index (χ2n) is 9.07. The van der Waals surface area contributed by atoms with Gasteiger partial charge >= 0.3 is 0 Å². The fourth-order valence-corrected chi connectivity index (χ4v) is 5.12. The first-order valence-corrected chi connectivity index (χ1v) is 11.1. The number of aliphatic hydroxyl groups excluding tert-OH is 1. The first kappa shape index (κ1) is 20.6. The number of para-hydroxylation sites is 1. The van der Waals surface area contributed by atoms with Crippen LogP contribution in [0, 0.1) is 5.41 Å². The van der Waals surface area contributed by atoms with Crippen molar-refractivity contribution in [1.29, 1.82) is 0 Å². The van der Waals surface area contributed by atoms with Crippen LogP contribution in [0.25, 0.3) is 16.9 Å². The number of β-amino-alcohol motifs (C(OH)–C–C–N with tert-alkyl or cyclic N) is 1. The topological polar surface area (TPSA) is 91.6 Å². The summed E-state index contributed by atoms with van der Waals surface area (Å²) in [5.41, 5.74) is 2.78. The van der Waals surface area contributed by atoms with E-state index in [1.165, 1.54) is 0 Å². The van der Waals surface area contributed by atoms with Crippen molar-refractivity contribution in [3.05, 3.63) is 54.5 Å². The van der Waals surface area contributed by atoms with Crippen LogP contribution in [0.15, 0.2) is 48.9 Å². The summed E-state index contributed by atoms with van der Waals surface area (Å²) in [5.74, 6) is -0.0563. The van der Waals surface area contributed by atoms with Crippen LogP contribution in [-0.2, 0) is 4.79 Å². The van der Waals surface area contributed by atoms with Gasteiger partial charge in [0.15, 0.2) is 5.65 Å². The Balaban J connectivity index is 1.31. The minimum absolute atomic E-state index is 0.00375. The van der Waals surface area contributed by atoms with Gasteiger partial charge in [-0.05, 0) is 42.9 Å². The lowest BCUT2D eigenvalue weighted by molar-refractivity contribution is -0.137. The van der Waals surface area contributed by atoms with E-state index in [2.05, 4.69) is 9.97 Å². The highest BCUT2D eigenvalue weighted by Gasteiger charge is 2.43. The number of carbonyl (C=O) groups is 2. The summed E-state index contributed by atoms with van der Waals surface area (Å²) in [6.07, 6.45) is 5.08. The van der Waals surface area contributed by atoms with E-state index in [1.807, 2.05) is 39.8 Å². The largest absolute Gasteiger partial charge is 0.391 e. The maximum atomic E-state index is 13.2. The van der Waals surface area contributed by atoms with Gasteiger partial charge in [0.25, 0.3) is 5.91 Å². The number of aromatic nitrogens is 3. The lowest BCUT2D eigenvalue weighted by Crippen LogP contribution is -2.55. The Bertz CT molecular complexity index is 1150. The Kier molecular flexibility index (Phi) is 5.17. The molecule has 0 radical (unpaired) electrons. The van der Waals surface area contributed by atoms with Gasteiger partial charge in [-0.1, -0.05) is 18.2 Å². The predicted octanol–water partition coefficient (Wildman–Crippen LogP) is 2.26. The average Bonchev–Trinajstić information content (AvgIpc) is 3.22. The van der Waals surface area contributed by atoms with E-state index >= 15 is 0 Å². The van der Waals surface area contributed by atoms with E-state index in [0.29, 0.717) is 49.3 Å².